The Morgan fingerprint density at radius 1 is 1.14 bits per heavy atom. The topological polar surface area (TPSA) is 75.7 Å². The second-order valence-corrected chi connectivity index (χ2v) is 11.4. The van der Waals surface area contributed by atoms with Gasteiger partial charge in [0.2, 0.25) is 0 Å². The Morgan fingerprint density at radius 2 is 1.89 bits per heavy atom. The molecule has 0 bridgehead atoms. The minimum Gasteiger partial charge on any atom is -0.491 e. The molecule has 1 unspecified atom stereocenters. The zero-order valence-electron chi connectivity index (χ0n) is 20.9. The monoisotopic (exact) mass is 526 g/mol. The molecule has 9 heteroatoms. The first-order chi connectivity index (χ1) is 17.5. The number of benzene rings is 3. The van der Waals surface area contributed by atoms with E-state index in [1.54, 1.807) is 36.1 Å². The average Bonchev–Trinajstić information content (AvgIpc) is 3.08. The fraction of sp³-hybridized carbons (Fsp3) is 0.250. The predicted molar refractivity (Wildman–Crippen MR) is 141 cm³/mol. The molecule has 3 aromatic carbocycles. The summed E-state index contributed by atoms with van der Waals surface area (Å²) in [6.07, 6.45) is 1.61. The van der Waals surface area contributed by atoms with Gasteiger partial charge in [0.1, 0.15) is 24.0 Å². The van der Waals surface area contributed by atoms with Crippen molar-refractivity contribution in [2.45, 2.75) is 24.8 Å². The van der Waals surface area contributed by atoms with Gasteiger partial charge in [-0.2, -0.15) is 0 Å². The van der Waals surface area contributed by atoms with Gasteiger partial charge in [0.15, 0.2) is 0 Å². The van der Waals surface area contributed by atoms with Gasteiger partial charge >= 0.3 is 0 Å². The second-order valence-electron chi connectivity index (χ2n) is 8.93. The molecule has 0 radical (unpaired) electrons. The predicted octanol–water partition coefficient (Wildman–Crippen LogP) is 4.29. The van der Waals surface area contributed by atoms with Crippen LogP contribution >= 0.6 is 0 Å². The summed E-state index contributed by atoms with van der Waals surface area (Å²) in [4.78, 5) is 26.9. The number of hydrogen-bond donors (Lipinski definition) is 1. The van der Waals surface area contributed by atoms with Crippen LogP contribution in [-0.2, 0) is 22.5 Å². The van der Waals surface area contributed by atoms with Crippen LogP contribution in [0.5, 0.6) is 5.75 Å². The zero-order chi connectivity index (χ0) is 26.9. The van der Waals surface area contributed by atoms with Crippen LogP contribution in [0.1, 0.15) is 38.8 Å². The highest BCUT2D eigenvalue weighted by Crippen LogP contribution is 2.32. The maximum atomic E-state index is 15.2. The molecule has 0 fully saturated rings. The van der Waals surface area contributed by atoms with Crippen molar-refractivity contribution >= 4 is 27.2 Å². The van der Waals surface area contributed by atoms with Crippen LogP contribution in [0.3, 0.4) is 0 Å². The van der Waals surface area contributed by atoms with Crippen molar-refractivity contribution in [3.8, 4) is 16.9 Å². The third kappa shape index (κ3) is 5.22. The Bertz CT molecular complexity index is 1500. The summed E-state index contributed by atoms with van der Waals surface area (Å²) >= 11 is 0. The van der Waals surface area contributed by atoms with Gasteiger partial charge in [0.25, 0.3) is 11.8 Å². The molecular weight excluding hydrogens is 498 g/mol. The molecule has 2 amide bonds. The fourth-order valence-corrected chi connectivity index (χ4v) is 5.28. The van der Waals surface area contributed by atoms with Crippen LogP contribution in [0, 0.1) is 11.6 Å². The number of halogens is 2. The van der Waals surface area contributed by atoms with E-state index in [0.717, 1.165) is 0 Å². The van der Waals surface area contributed by atoms with Crippen LogP contribution in [0.25, 0.3) is 11.1 Å². The highest BCUT2D eigenvalue weighted by Gasteiger charge is 2.26. The lowest BCUT2D eigenvalue weighted by Crippen LogP contribution is -2.33. The molecule has 1 aliphatic heterocycles. The molecule has 1 aliphatic rings. The number of ether oxygens (including phenoxy) is 1. The number of nitrogens with zero attached hydrogens (tertiary/aromatic N) is 1. The smallest absolute Gasteiger partial charge is 0.254 e. The van der Waals surface area contributed by atoms with Crippen molar-refractivity contribution in [2.24, 2.45) is 0 Å². The number of carbonyl (C=O) groups excluding carboxylic acids is 2. The van der Waals surface area contributed by atoms with Gasteiger partial charge < -0.3 is 15.0 Å². The molecule has 0 aliphatic carbocycles. The standard InChI is InChI=1S/C28H28F2N2O4S/c1-5-20-22(9-11-25(26(20)30)37(3,4)35)28(34)32-12-13-36-24-10-7-17(14-19(24)16-32)21-8-6-18(15-23(21)29)27(33)31-2/h6-11,14-15H,3,5,12-13,16H2,1-2,4H3,(H,31,33). The van der Waals surface area contributed by atoms with Crippen molar-refractivity contribution in [3.63, 3.8) is 0 Å². The number of amides is 2. The van der Waals surface area contributed by atoms with E-state index in [2.05, 4.69) is 11.2 Å². The third-order valence-electron chi connectivity index (χ3n) is 6.35. The SMILES string of the molecule is C=S(C)(=O)c1ccc(C(=O)N2CCOc3ccc(-c4ccc(C(=O)NC)cc4F)cc3C2)c(CC)c1F. The second kappa shape index (κ2) is 10.3. The van der Waals surface area contributed by atoms with E-state index in [0.29, 0.717) is 22.4 Å². The molecule has 1 atom stereocenters. The lowest BCUT2D eigenvalue weighted by molar-refractivity contribution is 0.0731. The van der Waals surface area contributed by atoms with E-state index in [1.165, 1.54) is 37.6 Å². The lowest BCUT2D eigenvalue weighted by Gasteiger charge is -2.22. The first kappa shape index (κ1) is 26.3. The summed E-state index contributed by atoms with van der Waals surface area (Å²) in [5.74, 6) is 2.15. The molecule has 3 aromatic rings. The quantitative estimate of drug-likeness (QED) is 0.504. The van der Waals surface area contributed by atoms with Gasteiger partial charge in [-0.3, -0.25) is 13.8 Å². The Morgan fingerprint density at radius 3 is 2.54 bits per heavy atom. The summed E-state index contributed by atoms with van der Waals surface area (Å²) in [5, 5.41) is 2.47. The molecule has 6 nitrogen and oxygen atoms in total. The van der Waals surface area contributed by atoms with Crippen LogP contribution in [0.15, 0.2) is 53.4 Å². The molecule has 194 valence electrons. The van der Waals surface area contributed by atoms with Gasteiger partial charge in [0, 0.05) is 47.7 Å². The molecular formula is C28H28F2N2O4S. The number of fused-ring (bicyclic) bond motifs is 1. The number of carbonyl (C=O) groups is 2. The van der Waals surface area contributed by atoms with Crippen LogP contribution in [-0.4, -0.2) is 53.2 Å². The Balaban J connectivity index is 1.67. The molecule has 4 rings (SSSR count). The molecule has 1 N–H and O–H groups in total. The van der Waals surface area contributed by atoms with Crippen molar-refractivity contribution in [2.75, 3.05) is 26.5 Å². The van der Waals surface area contributed by atoms with Gasteiger partial charge in [0.05, 0.1) is 11.4 Å². The van der Waals surface area contributed by atoms with Crippen molar-refractivity contribution in [3.05, 3.63) is 82.4 Å². The molecule has 1 heterocycles. The highest BCUT2D eigenvalue weighted by molar-refractivity contribution is 7.99. The first-order valence-corrected chi connectivity index (χ1v) is 13.9. The fourth-order valence-electron chi connectivity index (χ4n) is 4.42. The van der Waals surface area contributed by atoms with Gasteiger partial charge in [-0.05, 0) is 63.8 Å². The summed E-state index contributed by atoms with van der Waals surface area (Å²) < 4.78 is 48.3. The summed E-state index contributed by atoms with van der Waals surface area (Å²) in [6.45, 7) is 2.41. The van der Waals surface area contributed by atoms with Crippen molar-refractivity contribution < 1.29 is 27.3 Å². The Kier molecular flexibility index (Phi) is 7.36. The van der Waals surface area contributed by atoms with Crippen molar-refractivity contribution in [1.29, 1.82) is 0 Å². The number of hydrogen-bond acceptors (Lipinski definition) is 4. The molecule has 0 spiro atoms. The van der Waals surface area contributed by atoms with Gasteiger partial charge in [-0.1, -0.05) is 19.1 Å². The maximum absolute atomic E-state index is 15.2. The van der Waals surface area contributed by atoms with Crippen LogP contribution in [0.4, 0.5) is 8.78 Å². The van der Waals surface area contributed by atoms with E-state index >= 15 is 4.39 Å². The van der Waals surface area contributed by atoms with E-state index in [-0.39, 0.29) is 59.5 Å². The minimum absolute atomic E-state index is 0.000416. The van der Waals surface area contributed by atoms with E-state index in [1.807, 2.05) is 0 Å². The summed E-state index contributed by atoms with van der Waals surface area (Å²) in [7, 11) is -1.32. The molecule has 0 aromatic heterocycles. The Hall–Kier alpha value is -3.72. The number of nitrogens with one attached hydrogen (secondary N) is 1. The van der Waals surface area contributed by atoms with E-state index in [9.17, 15) is 18.2 Å². The lowest BCUT2D eigenvalue weighted by atomic mass is 9.99. The van der Waals surface area contributed by atoms with E-state index < -0.39 is 21.2 Å². The molecule has 37 heavy (non-hydrogen) atoms. The largest absolute Gasteiger partial charge is 0.491 e. The minimum atomic E-state index is -2.80. The first-order valence-electron chi connectivity index (χ1n) is 11.8. The van der Waals surface area contributed by atoms with Crippen molar-refractivity contribution in [1.82, 2.24) is 10.2 Å². The zero-order valence-corrected chi connectivity index (χ0v) is 21.7. The Labute approximate surface area is 215 Å². The molecule has 0 saturated heterocycles. The maximum Gasteiger partial charge on any atom is 0.254 e. The molecule has 0 saturated carbocycles. The average molecular weight is 527 g/mol. The highest BCUT2D eigenvalue weighted by atomic mass is 32.2. The van der Waals surface area contributed by atoms with Gasteiger partial charge in [-0.15, -0.1) is 0 Å². The third-order valence-corrected chi connectivity index (χ3v) is 7.60. The van der Waals surface area contributed by atoms with Crippen LogP contribution < -0.4 is 10.1 Å². The normalized spacial score (nSPS) is 14.7. The van der Waals surface area contributed by atoms with Gasteiger partial charge in [-0.25, -0.2) is 8.78 Å². The van der Waals surface area contributed by atoms with E-state index in [4.69, 9.17) is 4.74 Å². The summed E-state index contributed by atoms with van der Waals surface area (Å²) in [5.41, 5.74) is 2.14. The summed E-state index contributed by atoms with van der Waals surface area (Å²) in [6, 6.07) is 12.3. The van der Waals surface area contributed by atoms with Crippen LogP contribution in [0.2, 0.25) is 0 Å². The number of rotatable bonds is 5.